The maximum atomic E-state index is 12.4. The lowest BCUT2D eigenvalue weighted by Crippen LogP contribution is -2.46. The number of carbonyl (C=O) groups excluding carboxylic acids is 1. The highest BCUT2D eigenvalue weighted by Crippen LogP contribution is 2.18. The standard InChI is InChI=1S/C19H25N5O2.ClH/c1-23(17(25)14-26-19-18(20)21-9-10-22-19)16-7-11-24(12-8-16)13-15-5-3-2-4-6-15;/h2-6,9-10,16H,7-8,11-14H2,1H3,(H2,20,21);1H. The molecule has 146 valence electrons. The van der Waals surface area contributed by atoms with Gasteiger partial charge >= 0.3 is 0 Å². The first-order valence-electron chi connectivity index (χ1n) is 8.84. The van der Waals surface area contributed by atoms with Gasteiger partial charge in [-0.05, 0) is 18.4 Å². The predicted octanol–water partition coefficient (Wildman–Crippen LogP) is 1.98. The predicted molar refractivity (Wildman–Crippen MR) is 107 cm³/mol. The smallest absolute Gasteiger partial charge is 0.260 e. The van der Waals surface area contributed by atoms with Crippen LogP contribution in [-0.2, 0) is 11.3 Å². The molecule has 2 heterocycles. The number of nitrogens with zero attached hydrogens (tertiary/aromatic N) is 4. The average Bonchev–Trinajstić information content (AvgIpc) is 2.68. The molecule has 0 saturated carbocycles. The largest absolute Gasteiger partial charge is 0.465 e. The second kappa shape index (κ2) is 10.1. The quantitative estimate of drug-likeness (QED) is 0.810. The summed E-state index contributed by atoms with van der Waals surface area (Å²) in [5, 5.41) is 0. The highest BCUT2D eigenvalue weighted by molar-refractivity contribution is 5.85. The minimum Gasteiger partial charge on any atom is -0.465 e. The van der Waals surface area contributed by atoms with E-state index < -0.39 is 0 Å². The zero-order chi connectivity index (χ0) is 18.4. The third-order valence-corrected chi connectivity index (χ3v) is 4.77. The lowest BCUT2D eigenvalue weighted by Gasteiger charge is -2.36. The number of rotatable bonds is 6. The van der Waals surface area contributed by atoms with E-state index >= 15 is 0 Å². The zero-order valence-electron chi connectivity index (χ0n) is 15.5. The molecule has 0 aliphatic carbocycles. The van der Waals surface area contributed by atoms with Crippen molar-refractivity contribution in [1.82, 2.24) is 19.8 Å². The van der Waals surface area contributed by atoms with Gasteiger partial charge in [-0.1, -0.05) is 30.3 Å². The van der Waals surface area contributed by atoms with E-state index in [0.717, 1.165) is 32.5 Å². The van der Waals surface area contributed by atoms with E-state index in [2.05, 4.69) is 39.1 Å². The van der Waals surface area contributed by atoms with Crippen molar-refractivity contribution in [2.75, 3.05) is 32.5 Å². The summed E-state index contributed by atoms with van der Waals surface area (Å²) in [6.45, 7) is 2.84. The van der Waals surface area contributed by atoms with Crippen LogP contribution in [0.2, 0.25) is 0 Å². The number of piperidine rings is 1. The number of likely N-dealkylation sites (tertiary alicyclic amines) is 1. The number of carbonyl (C=O) groups is 1. The second-order valence-corrected chi connectivity index (χ2v) is 6.53. The van der Waals surface area contributed by atoms with Crippen LogP contribution in [0.3, 0.4) is 0 Å². The molecule has 0 bridgehead atoms. The molecule has 27 heavy (non-hydrogen) atoms. The Morgan fingerprint density at radius 3 is 2.56 bits per heavy atom. The molecule has 3 rings (SSSR count). The first kappa shape index (κ1) is 20.9. The van der Waals surface area contributed by atoms with Gasteiger partial charge in [0.2, 0.25) is 0 Å². The van der Waals surface area contributed by atoms with E-state index in [1.54, 1.807) is 4.90 Å². The molecule has 0 atom stereocenters. The molecule has 0 radical (unpaired) electrons. The molecule has 1 aliphatic heterocycles. The first-order valence-corrected chi connectivity index (χ1v) is 8.84. The van der Waals surface area contributed by atoms with Crippen LogP contribution in [0, 0.1) is 0 Å². The van der Waals surface area contributed by atoms with Crippen LogP contribution in [0.4, 0.5) is 5.82 Å². The lowest BCUT2D eigenvalue weighted by atomic mass is 10.0. The summed E-state index contributed by atoms with van der Waals surface area (Å²) < 4.78 is 5.41. The fourth-order valence-corrected chi connectivity index (χ4v) is 3.19. The third-order valence-electron chi connectivity index (χ3n) is 4.77. The minimum atomic E-state index is -0.0797. The fraction of sp³-hybridized carbons (Fsp3) is 0.421. The lowest BCUT2D eigenvalue weighted by molar-refractivity contribution is -0.135. The van der Waals surface area contributed by atoms with Crippen LogP contribution in [0.1, 0.15) is 18.4 Å². The number of likely N-dealkylation sites (N-methyl/N-ethyl adjacent to an activating group) is 1. The minimum absolute atomic E-state index is 0. The maximum absolute atomic E-state index is 12.4. The van der Waals surface area contributed by atoms with Crippen LogP contribution >= 0.6 is 12.4 Å². The molecular formula is C19H26ClN5O2. The molecule has 1 saturated heterocycles. The van der Waals surface area contributed by atoms with Gasteiger partial charge in [0, 0.05) is 45.1 Å². The molecule has 2 N–H and O–H groups in total. The topological polar surface area (TPSA) is 84.6 Å². The van der Waals surface area contributed by atoms with Crippen LogP contribution in [-0.4, -0.2) is 58.5 Å². The van der Waals surface area contributed by atoms with Gasteiger partial charge in [-0.25, -0.2) is 9.97 Å². The third kappa shape index (κ3) is 5.80. The van der Waals surface area contributed by atoms with Gasteiger partial charge in [0.1, 0.15) is 0 Å². The molecule has 2 aromatic rings. The van der Waals surface area contributed by atoms with Gasteiger partial charge in [-0.2, -0.15) is 0 Å². The Labute approximate surface area is 165 Å². The van der Waals surface area contributed by atoms with Crippen molar-refractivity contribution in [2.24, 2.45) is 0 Å². The highest BCUT2D eigenvalue weighted by atomic mass is 35.5. The van der Waals surface area contributed by atoms with Crippen molar-refractivity contribution in [3.8, 4) is 5.88 Å². The fourth-order valence-electron chi connectivity index (χ4n) is 3.19. The number of amides is 1. The van der Waals surface area contributed by atoms with Crippen LogP contribution in [0.5, 0.6) is 5.88 Å². The summed E-state index contributed by atoms with van der Waals surface area (Å²) >= 11 is 0. The SMILES string of the molecule is CN(C(=O)COc1nccnc1N)C1CCN(Cc2ccccc2)CC1.Cl. The number of hydrogen-bond acceptors (Lipinski definition) is 6. The van der Waals surface area contributed by atoms with Crippen molar-refractivity contribution in [3.63, 3.8) is 0 Å². The van der Waals surface area contributed by atoms with Gasteiger partial charge < -0.3 is 15.4 Å². The Hall–Kier alpha value is -2.38. The summed E-state index contributed by atoms with van der Waals surface area (Å²) in [5.41, 5.74) is 7.00. The molecule has 1 aromatic carbocycles. The van der Waals surface area contributed by atoms with Gasteiger partial charge in [0.25, 0.3) is 11.8 Å². The molecule has 0 spiro atoms. The molecule has 1 amide bonds. The van der Waals surface area contributed by atoms with E-state index in [-0.39, 0.29) is 42.7 Å². The Kier molecular flexibility index (Phi) is 7.82. The Balaban J connectivity index is 0.00000261. The monoisotopic (exact) mass is 391 g/mol. The van der Waals surface area contributed by atoms with Gasteiger partial charge in [0.05, 0.1) is 0 Å². The normalized spacial score (nSPS) is 15.0. The van der Waals surface area contributed by atoms with Crippen molar-refractivity contribution in [2.45, 2.75) is 25.4 Å². The highest BCUT2D eigenvalue weighted by Gasteiger charge is 2.25. The van der Waals surface area contributed by atoms with Gasteiger partial charge in [0.15, 0.2) is 12.4 Å². The summed E-state index contributed by atoms with van der Waals surface area (Å²) in [7, 11) is 1.84. The number of halogens is 1. The number of hydrogen-bond donors (Lipinski definition) is 1. The van der Waals surface area contributed by atoms with Crippen LogP contribution in [0.15, 0.2) is 42.7 Å². The number of aromatic nitrogens is 2. The Bertz CT molecular complexity index is 723. The Morgan fingerprint density at radius 1 is 1.22 bits per heavy atom. The number of nitrogen functional groups attached to an aromatic ring is 1. The van der Waals surface area contributed by atoms with Crippen molar-refractivity contribution < 1.29 is 9.53 Å². The molecule has 1 fully saturated rings. The molecule has 0 unspecified atom stereocenters. The van der Waals surface area contributed by atoms with E-state index in [0.29, 0.717) is 0 Å². The van der Waals surface area contributed by atoms with E-state index in [9.17, 15) is 4.79 Å². The molecule has 1 aromatic heterocycles. The summed E-state index contributed by atoms with van der Waals surface area (Å²) in [6.07, 6.45) is 4.90. The van der Waals surface area contributed by atoms with Crippen LogP contribution < -0.4 is 10.5 Å². The number of nitrogens with two attached hydrogens (primary N) is 1. The first-order chi connectivity index (χ1) is 12.6. The van der Waals surface area contributed by atoms with Crippen molar-refractivity contribution in [3.05, 3.63) is 48.3 Å². The average molecular weight is 392 g/mol. The van der Waals surface area contributed by atoms with Gasteiger partial charge in [-0.15, -0.1) is 12.4 Å². The number of anilines is 1. The molecule has 1 aliphatic rings. The van der Waals surface area contributed by atoms with E-state index in [4.69, 9.17) is 10.5 Å². The number of benzene rings is 1. The second-order valence-electron chi connectivity index (χ2n) is 6.53. The van der Waals surface area contributed by atoms with Crippen LogP contribution in [0.25, 0.3) is 0 Å². The van der Waals surface area contributed by atoms with Gasteiger partial charge in [-0.3, -0.25) is 9.69 Å². The Morgan fingerprint density at radius 2 is 1.89 bits per heavy atom. The summed E-state index contributed by atoms with van der Waals surface area (Å²) in [5.74, 6) is 0.320. The summed E-state index contributed by atoms with van der Waals surface area (Å²) in [6, 6.07) is 10.7. The zero-order valence-corrected chi connectivity index (χ0v) is 16.3. The number of ether oxygens (including phenoxy) is 1. The van der Waals surface area contributed by atoms with E-state index in [1.165, 1.54) is 18.0 Å². The van der Waals surface area contributed by atoms with Crippen molar-refractivity contribution in [1.29, 1.82) is 0 Å². The molecular weight excluding hydrogens is 366 g/mol. The van der Waals surface area contributed by atoms with E-state index in [1.807, 2.05) is 13.1 Å². The van der Waals surface area contributed by atoms with Crippen molar-refractivity contribution >= 4 is 24.1 Å². The molecule has 8 heteroatoms. The summed E-state index contributed by atoms with van der Waals surface area (Å²) in [4.78, 5) is 24.5. The molecule has 7 nitrogen and oxygen atoms in total. The maximum Gasteiger partial charge on any atom is 0.260 e.